The Kier molecular flexibility index (Phi) is 6.86. The van der Waals surface area contributed by atoms with Crippen molar-refractivity contribution in [2.75, 3.05) is 31.4 Å². The van der Waals surface area contributed by atoms with Gasteiger partial charge in [0.1, 0.15) is 5.82 Å². The number of benzene rings is 1. The molecule has 7 heteroatoms. The van der Waals surface area contributed by atoms with Crippen LogP contribution in [0.15, 0.2) is 54.0 Å². The fourth-order valence-corrected chi connectivity index (χ4v) is 3.42. The Hall–Kier alpha value is -3.06. The number of carbonyl (C=O) groups excluding carboxylic acids is 1. The van der Waals surface area contributed by atoms with Crippen molar-refractivity contribution in [3.05, 3.63) is 64.5 Å². The van der Waals surface area contributed by atoms with Gasteiger partial charge < -0.3 is 20.1 Å². The van der Waals surface area contributed by atoms with Crippen molar-refractivity contribution in [3.8, 4) is 11.5 Å². The summed E-state index contributed by atoms with van der Waals surface area (Å²) >= 11 is 1.57. The second kappa shape index (κ2) is 9.75. The number of aromatic nitrogens is 1. The third kappa shape index (κ3) is 5.47. The van der Waals surface area contributed by atoms with Crippen LogP contribution < -0.4 is 20.1 Å². The SMILES string of the molecule is COc1ccc(CCNc2ccc(NC(=O)Cc3cccs3)cn2)cc1OC. The highest BCUT2D eigenvalue weighted by molar-refractivity contribution is 7.10. The van der Waals surface area contributed by atoms with E-state index >= 15 is 0 Å². The van der Waals surface area contributed by atoms with E-state index in [0.717, 1.165) is 40.7 Å². The minimum absolute atomic E-state index is 0.0431. The van der Waals surface area contributed by atoms with Gasteiger partial charge in [0.2, 0.25) is 5.91 Å². The van der Waals surface area contributed by atoms with Crippen LogP contribution in [0.4, 0.5) is 11.5 Å². The number of carbonyl (C=O) groups is 1. The van der Waals surface area contributed by atoms with Gasteiger partial charge in [-0.05, 0) is 47.7 Å². The van der Waals surface area contributed by atoms with Crippen molar-refractivity contribution >= 4 is 28.7 Å². The number of thiophene rings is 1. The van der Waals surface area contributed by atoms with Crippen molar-refractivity contribution < 1.29 is 14.3 Å². The molecule has 0 bridgehead atoms. The number of pyridine rings is 1. The summed E-state index contributed by atoms with van der Waals surface area (Å²) < 4.78 is 10.6. The zero-order valence-corrected chi connectivity index (χ0v) is 16.7. The first-order chi connectivity index (χ1) is 13.7. The molecule has 0 unspecified atom stereocenters. The van der Waals surface area contributed by atoms with Crippen LogP contribution >= 0.6 is 11.3 Å². The standard InChI is InChI=1S/C21H23N3O3S/c1-26-18-7-5-15(12-19(18)27-2)9-10-22-20-8-6-16(14-23-20)24-21(25)13-17-4-3-11-28-17/h3-8,11-12,14H,9-10,13H2,1-2H3,(H,22,23)(H,24,25). The summed E-state index contributed by atoms with van der Waals surface area (Å²) in [5.41, 5.74) is 1.83. The average Bonchev–Trinajstić information content (AvgIpc) is 3.22. The summed E-state index contributed by atoms with van der Waals surface area (Å²) in [5.74, 6) is 2.16. The van der Waals surface area contributed by atoms with E-state index in [9.17, 15) is 4.79 Å². The molecule has 0 spiro atoms. The number of nitrogens with one attached hydrogen (secondary N) is 2. The number of anilines is 2. The van der Waals surface area contributed by atoms with Gasteiger partial charge in [0, 0.05) is 11.4 Å². The van der Waals surface area contributed by atoms with Gasteiger partial charge in [-0.15, -0.1) is 11.3 Å². The molecule has 0 aliphatic rings. The fourth-order valence-electron chi connectivity index (χ4n) is 2.72. The molecule has 2 aromatic heterocycles. The molecule has 0 saturated heterocycles. The van der Waals surface area contributed by atoms with Gasteiger partial charge in [0.15, 0.2) is 11.5 Å². The lowest BCUT2D eigenvalue weighted by Gasteiger charge is -2.10. The van der Waals surface area contributed by atoms with Crippen LogP contribution in [-0.2, 0) is 17.6 Å². The third-order valence-corrected chi connectivity index (χ3v) is 5.01. The number of ether oxygens (including phenoxy) is 2. The minimum Gasteiger partial charge on any atom is -0.493 e. The molecule has 6 nitrogen and oxygen atoms in total. The van der Waals surface area contributed by atoms with Crippen LogP contribution in [0, 0.1) is 0 Å². The van der Waals surface area contributed by atoms with Crippen LogP contribution in [0.1, 0.15) is 10.4 Å². The Bertz CT molecular complexity index is 896. The highest BCUT2D eigenvalue weighted by Gasteiger charge is 2.06. The van der Waals surface area contributed by atoms with Gasteiger partial charge in [0.25, 0.3) is 0 Å². The highest BCUT2D eigenvalue weighted by atomic mass is 32.1. The lowest BCUT2D eigenvalue weighted by Crippen LogP contribution is -2.14. The van der Waals surface area contributed by atoms with Gasteiger partial charge in [0.05, 0.1) is 32.5 Å². The zero-order chi connectivity index (χ0) is 19.8. The normalized spacial score (nSPS) is 10.4. The van der Waals surface area contributed by atoms with Crippen LogP contribution in [0.2, 0.25) is 0 Å². The summed E-state index contributed by atoms with van der Waals surface area (Å²) in [6.07, 6.45) is 2.86. The first kappa shape index (κ1) is 19.7. The van der Waals surface area contributed by atoms with E-state index in [1.54, 1.807) is 31.8 Å². The van der Waals surface area contributed by atoms with E-state index in [4.69, 9.17) is 9.47 Å². The quantitative estimate of drug-likeness (QED) is 0.571. The van der Waals surface area contributed by atoms with Gasteiger partial charge in [-0.25, -0.2) is 4.98 Å². The third-order valence-electron chi connectivity index (χ3n) is 4.13. The van der Waals surface area contributed by atoms with E-state index in [1.165, 1.54) is 0 Å². The second-order valence-electron chi connectivity index (χ2n) is 6.10. The van der Waals surface area contributed by atoms with E-state index in [-0.39, 0.29) is 5.91 Å². The Morgan fingerprint density at radius 3 is 2.64 bits per heavy atom. The Balaban J connectivity index is 1.47. The summed E-state index contributed by atoms with van der Waals surface area (Å²) in [4.78, 5) is 17.4. The topological polar surface area (TPSA) is 72.5 Å². The minimum atomic E-state index is -0.0431. The number of methoxy groups -OCH3 is 2. The van der Waals surface area contributed by atoms with Crippen molar-refractivity contribution in [1.29, 1.82) is 0 Å². The number of hydrogen-bond donors (Lipinski definition) is 2. The molecule has 0 radical (unpaired) electrons. The molecule has 0 aliphatic heterocycles. The predicted octanol–water partition coefficient (Wildman–Crippen LogP) is 4.00. The van der Waals surface area contributed by atoms with E-state index in [1.807, 2.05) is 47.8 Å². The monoisotopic (exact) mass is 397 g/mol. The Morgan fingerprint density at radius 2 is 1.96 bits per heavy atom. The lowest BCUT2D eigenvalue weighted by atomic mass is 10.1. The molecule has 3 rings (SSSR count). The van der Waals surface area contributed by atoms with Crippen molar-refractivity contribution in [1.82, 2.24) is 4.98 Å². The van der Waals surface area contributed by atoms with Crippen LogP contribution in [-0.4, -0.2) is 31.7 Å². The molecule has 2 N–H and O–H groups in total. The second-order valence-corrected chi connectivity index (χ2v) is 7.13. The summed E-state index contributed by atoms with van der Waals surface area (Å²) in [7, 11) is 3.25. The maximum atomic E-state index is 12.0. The smallest absolute Gasteiger partial charge is 0.229 e. The molecule has 0 saturated carbocycles. The number of amides is 1. The van der Waals surface area contributed by atoms with Crippen LogP contribution in [0.25, 0.3) is 0 Å². The molecule has 1 aromatic carbocycles. The van der Waals surface area contributed by atoms with E-state index in [2.05, 4.69) is 15.6 Å². The van der Waals surface area contributed by atoms with Crippen LogP contribution in [0.3, 0.4) is 0 Å². The molecular weight excluding hydrogens is 374 g/mol. The first-order valence-corrected chi connectivity index (χ1v) is 9.79. The molecule has 3 aromatic rings. The van der Waals surface area contributed by atoms with Gasteiger partial charge in [-0.1, -0.05) is 12.1 Å². The molecule has 2 heterocycles. The first-order valence-electron chi connectivity index (χ1n) is 8.91. The molecule has 0 aliphatic carbocycles. The zero-order valence-electron chi connectivity index (χ0n) is 15.9. The fraction of sp³-hybridized carbons (Fsp3) is 0.238. The molecule has 0 fully saturated rings. The van der Waals surface area contributed by atoms with Crippen LogP contribution in [0.5, 0.6) is 11.5 Å². The summed E-state index contributed by atoms with van der Waals surface area (Å²) in [5, 5.41) is 8.11. The van der Waals surface area contributed by atoms with Gasteiger partial charge in [-0.3, -0.25) is 4.79 Å². The Labute approximate surface area is 168 Å². The van der Waals surface area contributed by atoms with E-state index < -0.39 is 0 Å². The average molecular weight is 398 g/mol. The number of nitrogens with zero attached hydrogens (tertiary/aromatic N) is 1. The van der Waals surface area contributed by atoms with Crippen molar-refractivity contribution in [2.45, 2.75) is 12.8 Å². The molecule has 0 atom stereocenters. The molecule has 146 valence electrons. The van der Waals surface area contributed by atoms with Crippen molar-refractivity contribution in [3.63, 3.8) is 0 Å². The summed E-state index contributed by atoms with van der Waals surface area (Å²) in [6, 6.07) is 13.5. The van der Waals surface area contributed by atoms with Crippen molar-refractivity contribution in [2.24, 2.45) is 0 Å². The maximum Gasteiger partial charge on any atom is 0.229 e. The molecule has 1 amide bonds. The largest absolute Gasteiger partial charge is 0.493 e. The molecular formula is C21H23N3O3S. The molecule has 28 heavy (non-hydrogen) atoms. The number of rotatable bonds is 9. The highest BCUT2D eigenvalue weighted by Crippen LogP contribution is 2.27. The Morgan fingerprint density at radius 1 is 1.11 bits per heavy atom. The summed E-state index contributed by atoms with van der Waals surface area (Å²) in [6.45, 7) is 0.729. The van der Waals surface area contributed by atoms with Gasteiger partial charge >= 0.3 is 0 Å². The number of hydrogen-bond acceptors (Lipinski definition) is 6. The predicted molar refractivity (Wildman–Crippen MR) is 113 cm³/mol. The maximum absolute atomic E-state index is 12.0. The lowest BCUT2D eigenvalue weighted by molar-refractivity contribution is -0.115. The van der Waals surface area contributed by atoms with Gasteiger partial charge in [-0.2, -0.15) is 0 Å². The van der Waals surface area contributed by atoms with E-state index in [0.29, 0.717) is 12.1 Å².